The lowest BCUT2D eigenvalue weighted by Crippen LogP contribution is -2.27. The second-order valence-electron chi connectivity index (χ2n) is 5.64. The number of amides is 1. The van der Waals surface area contributed by atoms with Gasteiger partial charge in [-0.25, -0.2) is 0 Å². The zero-order valence-electron chi connectivity index (χ0n) is 14.1. The number of rotatable bonds is 4. The lowest BCUT2D eigenvalue weighted by atomic mass is 10.1. The number of hydrogen-bond donors (Lipinski definition) is 1. The molecule has 0 saturated carbocycles. The number of nitro groups is 1. The number of hydrogen-bond acceptors (Lipinski definition) is 6. The SMILES string of the molecule is CNc1ccc(/C=C2\SC(=S)N(c3ccc(C)cc3)C2=O)cc1[N+](=O)[O-]. The molecule has 1 fully saturated rings. The third kappa shape index (κ3) is 3.47. The Kier molecular flexibility index (Phi) is 5.06. The highest BCUT2D eigenvalue weighted by molar-refractivity contribution is 8.27. The molecule has 1 heterocycles. The van der Waals surface area contributed by atoms with Gasteiger partial charge in [-0.3, -0.25) is 19.8 Å². The van der Waals surface area contributed by atoms with Crippen LogP contribution in [0.4, 0.5) is 17.1 Å². The number of carbonyl (C=O) groups is 1. The third-order valence-electron chi connectivity index (χ3n) is 3.87. The molecular formula is C18H15N3O3S2. The summed E-state index contributed by atoms with van der Waals surface area (Å²) in [7, 11) is 1.62. The van der Waals surface area contributed by atoms with Crippen LogP contribution >= 0.6 is 24.0 Å². The maximum Gasteiger partial charge on any atom is 0.292 e. The molecule has 2 aromatic rings. The van der Waals surface area contributed by atoms with Crippen LogP contribution in [-0.2, 0) is 4.79 Å². The van der Waals surface area contributed by atoms with E-state index in [0.717, 1.165) is 5.56 Å². The molecule has 132 valence electrons. The topological polar surface area (TPSA) is 75.5 Å². The molecule has 1 N–H and O–H groups in total. The van der Waals surface area contributed by atoms with E-state index in [1.807, 2.05) is 31.2 Å². The van der Waals surface area contributed by atoms with Gasteiger partial charge in [-0.2, -0.15) is 0 Å². The summed E-state index contributed by atoms with van der Waals surface area (Å²) in [6.07, 6.45) is 1.62. The normalized spacial score (nSPS) is 15.6. The fourth-order valence-corrected chi connectivity index (χ4v) is 3.84. The number of nitrogens with zero attached hydrogens (tertiary/aromatic N) is 2. The summed E-state index contributed by atoms with van der Waals surface area (Å²) >= 11 is 6.52. The number of carbonyl (C=O) groups excluding carboxylic acids is 1. The molecule has 6 nitrogen and oxygen atoms in total. The van der Waals surface area contributed by atoms with E-state index in [-0.39, 0.29) is 11.6 Å². The van der Waals surface area contributed by atoms with E-state index in [2.05, 4.69) is 5.32 Å². The van der Waals surface area contributed by atoms with Crippen molar-refractivity contribution in [1.29, 1.82) is 0 Å². The predicted molar refractivity (Wildman–Crippen MR) is 109 cm³/mol. The molecule has 1 aliphatic rings. The van der Waals surface area contributed by atoms with E-state index < -0.39 is 4.92 Å². The van der Waals surface area contributed by atoms with Gasteiger partial charge in [0, 0.05) is 13.1 Å². The number of aryl methyl sites for hydroxylation is 1. The van der Waals surface area contributed by atoms with Crippen LogP contribution in [0.3, 0.4) is 0 Å². The van der Waals surface area contributed by atoms with Crippen LogP contribution < -0.4 is 10.2 Å². The molecule has 1 saturated heterocycles. The van der Waals surface area contributed by atoms with Gasteiger partial charge in [0.1, 0.15) is 5.69 Å². The second-order valence-corrected chi connectivity index (χ2v) is 7.31. The molecule has 0 spiro atoms. The lowest BCUT2D eigenvalue weighted by Gasteiger charge is -2.14. The number of benzene rings is 2. The molecule has 0 bridgehead atoms. The van der Waals surface area contributed by atoms with Gasteiger partial charge in [0.15, 0.2) is 4.32 Å². The van der Waals surface area contributed by atoms with E-state index in [0.29, 0.717) is 26.2 Å². The summed E-state index contributed by atoms with van der Waals surface area (Å²) < 4.78 is 0.437. The van der Waals surface area contributed by atoms with Crippen molar-refractivity contribution in [2.45, 2.75) is 6.92 Å². The Hall–Kier alpha value is -2.71. The van der Waals surface area contributed by atoms with E-state index >= 15 is 0 Å². The molecular weight excluding hydrogens is 370 g/mol. The predicted octanol–water partition coefficient (Wildman–Crippen LogP) is 4.35. The smallest absolute Gasteiger partial charge is 0.292 e. The zero-order chi connectivity index (χ0) is 18.8. The van der Waals surface area contributed by atoms with Gasteiger partial charge in [0.2, 0.25) is 0 Å². The van der Waals surface area contributed by atoms with Gasteiger partial charge in [-0.15, -0.1) is 0 Å². The molecule has 0 atom stereocenters. The Bertz CT molecular complexity index is 939. The first-order valence-electron chi connectivity index (χ1n) is 7.71. The summed E-state index contributed by atoms with van der Waals surface area (Å²) in [5.74, 6) is -0.232. The number of nitrogens with one attached hydrogen (secondary N) is 1. The van der Waals surface area contributed by atoms with Gasteiger partial charge < -0.3 is 5.32 Å². The Morgan fingerprint density at radius 3 is 2.54 bits per heavy atom. The average Bonchev–Trinajstić information content (AvgIpc) is 2.89. The highest BCUT2D eigenvalue weighted by Gasteiger charge is 2.33. The van der Waals surface area contributed by atoms with Crippen molar-refractivity contribution >= 4 is 57.3 Å². The second kappa shape index (κ2) is 7.27. The Morgan fingerprint density at radius 1 is 1.23 bits per heavy atom. The van der Waals surface area contributed by atoms with Crippen molar-refractivity contribution in [2.75, 3.05) is 17.3 Å². The summed E-state index contributed by atoms with van der Waals surface area (Å²) in [5.41, 5.74) is 2.74. The molecule has 8 heteroatoms. The van der Waals surface area contributed by atoms with E-state index in [1.54, 1.807) is 25.3 Å². The molecule has 1 amide bonds. The Morgan fingerprint density at radius 2 is 1.92 bits per heavy atom. The monoisotopic (exact) mass is 385 g/mol. The van der Waals surface area contributed by atoms with Crippen molar-refractivity contribution in [3.8, 4) is 0 Å². The number of thiocarbonyl (C=S) groups is 1. The lowest BCUT2D eigenvalue weighted by molar-refractivity contribution is -0.384. The van der Waals surface area contributed by atoms with Crippen LogP contribution in [0.5, 0.6) is 0 Å². The minimum atomic E-state index is -0.458. The van der Waals surface area contributed by atoms with Crippen LogP contribution in [0.2, 0.25) is 0 Å². The van der Waals surface area contributed by atoms with E-state index in [1.165, 1.54) is 22.7 Å². The van der Waals surface area contributed by atoms with Crippen LogP contribution in [0, 0.1) is 17.0 Å². The number of thioether (sulfide) groups is 1. The molecule has 0 radical (unpaired) electrons. The van der Waals surface area contributed by atoms with E-state index in [4.69, 9.17) is 12.2 Å². The number of nitro benzene ring substituents is 1. The van der Waals surface area contributed by atoms with Crippen molar-refractivity contribution in [3.63, 3.8) is 0 Å². The maximum absolute atomic E-state index is 12.8. The van der Waals surface area contributed by atoms with Gasteiger partial charge in [0.05, 0.1) is 15.5 Å². The third-order valence-corrected chi connectivity index (χ3v) is 5.17. The quantitative estimate of drug-likeness (QED) is 0.365. The molecule has 0 aromatic heterocycles. The van der Waals surface area contributed by atoms with Crippen LogP contribution in [0.25, 0.3) is 6.08 Å². The van der Waals surface area contributed by atoms with Crippen molar-refractivity contribution < 1.29 is 9.72 Å². The summed E-state index contributed by atoms with van der Waals surface area (Å²) in [6.45, 7) is 1.97. The van der Waals surface area contributed by atoms with Gasteiger partial charge in [-0.05, 0) is 36.8 Å². The van der Waals surface area contributed by atoms with Crippen molar-refractivity contribution in [3.05, 3.63) is 68.6 Å². The molecule has 1 aliphatic heterocycles. The highest BCUT2D eigenvalue weighted by Crippen LogP contribution is 2.36. The first-order valence-corrected chi connectivity index (χ1v) is 8.94. The van der Waals surface area contributed by atoms with Gasteiger partial charge in [-0.1, -0.05) is 47.7 Å². The van der Waals surface area contributed by atoms with Gasteiger partial charge >= 0.3 is 0 Å². The minimum Gasteiger partial charge on any atom is -0.383 e. The summed E-state index contributed by atoms with van der Waals surface area (Å²) in [5, 5.41) is 14.0. The molecule has 3 rings (SSSR count). The Labute approximate surface area is 160 Å². The molecule has 0 unspecified atom stereocenters. The molecule has 2 aromatic carbocycles. The number of anilines is 2. The first-order chi connectivity index (χ1) is 12.4. The molecule has 0 aliphatic carbocycles. The molecule has 26 heavy (non-hydrogen) atoms. The summed E-state index contributed by atoms with van der Waals surface area (Å²) in [4.78, 5) is 25.4. The average molecular weight is 385 g/mol. The van der Waals surface area contributed by atoms with Gasteiger partial charge in [0.25, 0.3) is 11.6 Å². The first kappa shape index (κ1) is 18.1. The maximum atomic E-state index is 12.8. The van der Waals surface area contributed by atoms with Crippen LogP contribution in [0.1, 0.15) is 11.1 Å². The van der Waals surface area contributed by atoms with Crippen molar-refractivity contribution in [2.24, 2.45) is 0 Å². The van der Waals surface area contributed by atoms with Crippen LogP contribution in [-0.4, -0.2) is 22.2 Å². The van der Waals surface area contributed by atoms with E-state index in [9.17, 15) is 14.9 Å². The summed E-state index contributed by atoms with van der Waals surface area (Å²) in [6, 6.07) is 12.3. The fraction of sp³-hybridized carbons (Fsp3) is 0.111. The largest absolute Gasteiger partial charge is 0.383 e. The zero-order valence-corrected chi connectivity index (χ0v) is 15.7. The van der Waals surface area contributed by atoms with Crippen molar-refractivity contribution in [1.82, 2.24) is 0 Å². The minimum absolute atomic E-state index is 0.0461. The van der Waals surface area contributed by atoms with Crippen LogP contribution in [0.15, 0.2) is 47.4 Å². The fourth-order valence-electron chi connectivity index (χ4n) is 2.54. The standard InChI is InChI=1S/C18H15N3O3S2/c1-11-3-6-13(7-4-11)20-17(22)16(26-18(20)25)10-12-5-8-14(19-2)15(9-12)21(23)24/h3-10,19H,1-2H3/b16-10-. The Balaban J connectivity index is 1.94. The highest BCUT2D eigenvalue weighted by atomic mass is 32.2.